The molecule has 0 fully saturated rings. The number of carbonyl (C=O) groups excluding carboxylic acids is 2. The van der Waals surface area contributed by atoms with Crippen molar-refractivity contribution in [3.8, 4) is 0 Å². The standard InChI is InChI=1S/C19H34NO7PS/c1-7-10-11-15-16(20-14(12-29-15)17(21)24-8-2)28(23,26-9-3)27-13-25-18(22)19(4,5)6/h14,20H,7-13H2,1-6H3/t14-,28?/m0/s1. The Bertz CT molecular complexity index is 645. The Balaban J connectivity index is 3.08. The number of unbranched alkanes of at least 4 members (excludes halogenated alkanes) is 1. The summed E-state index contributed by atoms with van der Waals surface area (Å²) in [6.07, 6.45) is 2.53. The van der Waals surface area contributed by atoms with Gasteiger partial charge in [-0.15, -0.1) is 11.8 Å². The maximum atomic E-state index is 13.6. The van der Waals surface area contributed by atoms with Crippen LogP contribution in [-0.2, 0) is 32.7 Å². The molecule has 1 rings (SSSR count). The predicted molar refractivity (Wildman–Crippen MR) is 113 cm³/mol. The van der Waals surface area contributed by atoms with Crippen molar-refractivity contribution in [2.45, 2.75) is 66.8 Å². The third-order valence-electron chi connectivity index (χ3n) is 3.93. The zero-order chi connectivity index (χ0) is 22.1. The maximum absolute atomic E-state index is 13.6. The zero-order valence-corrected chi connectivity index (χ0v) is 20.0. The van der Waals surface area contributed by atoms with Gasteiger partial charge < -0.3 is 19.3 Å². The van der Waals surface area contributed by atoms with Crippen LogP contribution in [-0.4, -0.2) is 43.7 Å². The zero-order valence-electron chi connectivity index (χ0n) is 18.2. The third-order valence-corrected chi connectivity index (χ3v) is 7.32. The lowest BCUT2D eigenvalue weighted by Crippen LogP contribution is -2.42. The van der Waals surface area contributed by atoms with Gasteiger partial charge in [-0.1, -0.05) is 13.3 Å². The molecule has 0 aromatic heterocycles. The first-order valence-electron chi connectivity index (χ1n) is 9.95. The average molecular weight is 452 g/mol. The highest BCUT2D eigenvalue weighted by Gasteiger charge is 2.40. The summed E-state index contributed by atoms with van der Waals surface area (Å²) in [5.41, 5.74) is -0.452. The molecule has 1 aliphatic heterocycles. The van der Waals surface area contributed by atoms with Gasteiger partial charge in [0, 0.05) is 10.7 Å². The molecule has 0 aromatic carbocycles. The third kappa shape index (κ3) is 7.96. The molecule has 8 nitrogen and oxygen atoms in total. The maximum Gasteiger partial charge on any atom is 0.380 e. The van der Waals surface area contributed by atoms with Crippen molar-refractivity contribution in [2.24, 2.45) is 5.41 Å². The summed E-state index contributed by atoms with van der Waals surface area (Å²) in [6, 6.07) is -0.658. The number of nitrogens with one attached hydrogen (secondary N) is 1. The van der Waals surface area contributed by atoms with Gasteiger partial charge in [0.25, 0.3) is 0 Å². The molecule has 1 heterocycles. The molecule has 0 aromatic rings. The molecule has 0 radical (unpaired) electrons. The monoisotopic (exact) mass is 451 g/mol. The second-order valence-electron chi connectivity index (χ2n) is 7.48. The second-order valence-corrected chi connectivity index (χ2v) is 10.6. The first kappa shape index (κ1) is 26.0. The minimum Gasteiger partial charge on any atom is -0.464 e. The van der Waals surface area contributed by atoms with Gasteiger partial charge in [0.15, 0.2) is 0 Å². The van der Waals surface area contributed by atoms with Crippen LogP contribution in [0.1, 0.15) is 60.8 Å². The minimum atomic E-state index is -3.83. The number of thioether (sulfide) groups is 1. The number of rotatable bonds is 11. The van der Waals surface area contributed by atoms with Crippen LogP contribution in [0.2, 0.25) is 0 Å². The fraction of sp³-hybridized carbons (Fsp3) is 0.789. The lowest BCUT2D eigenvalue weighted by molar-refractivity contribution is -0.159. The van der Waals surface area contributed by atoms with Gasteiger partial charge in [0.05, 0.1) is 18.6 Å². The number of ether oxygens (including phenoxy) is 2. The van der Waals surface area contributed by atoms with Gasteiger partial charge in [-0.2, -0.15) is 0 Å². The highest BCUT2D eigenvalue weighted by molar-refractivity contribution is 8.03. The van der Waals surface area contributed by atoms with Crippen LogP contribution in [0.5, 0.6) is 0 Å². The first-order chi connectivity index (χ1) is 13.6. The number of esters is 2. The second kappa shape index (κ2) is 12.0. The average Bonchev–Trinajstić information content (AvgIpc) is 2.65. The van der Waals surface area contributed by atoms with Crippen molar-refractivity contribution in [2.75, 3.05) is 25.8 Å². The summed E-state index contributed by atoms with van der Waals surface area (Å²) in [5, 5.41) is 3.02. The molecular weight excluding hydrogens is 417 g/mol. The van der Waals surface area contributed by atoms with E-state index >= 15 is 0 Å². The van der Waals surface area contributed by atoms with Crippen LogP contribution in [0.3, 0.4) is 0 Å². The fourth-order valence-electron chi connectivity index (χ4n) is 2.37. The molecule has 10 heteroatoms. The molecule has 1 N–H and O–H groups in total. The molecule has 29 heavy (non-hydrogen) atoms. The summed E-state index contributed by atoms with van der Waals surface area (Å²) in [7, 11) is -3.83. The van der Waals surface area contributed by atoms with E-state index in [2.05, 4.69) is 12.2 Å². The van der Waals surface area contributed by atoms with E-state index in [1.807, 2.05) is 0 Å². The fourth-order valence-corrected chi connectivity index (χ4v) is 5.57. The van der Waals surface area contributed by atoms with E-state index in [-0.39, 0.29) is 18.7 Å². The van der Waals surface area contributed by atoms with Crippen LogP contribution in [0.4, 0.5) is 0 Å². The molecule has 0 aliphatic carbocycles. The largest absolute Gasteiger partial charge is 0.464 e. The van der Waals surface area contributed by atoms with E-state index in [0.717, 1.165) is 17.7 Å². The van der Waals surface area contributed by atoms with Gasteiger partial charge in [-0.05, 0) is 47.5 Å². The molecular formula is C19H34NO7PS. The summed E-state index contributed by atoms with van der Waals surface area (Å²) in [4.78, 5) is 25.0. The Morgan fingerprint density at radius 1 is 1.14 bits per heavy atom. The quantitative estimate of drug-likeness (QED) is 0.278. The normalized spacial score (nSPS) is 19.3. The van der Waals surface area contributed by atoms with Crippen LogP contribution in [0, 0.1) is 5.41 Å². The van der Waals surface area contributed by atoms with Crippen molar-refractivity contribution in [3.63, 3.8) is 0 Å². The number of hydrogen-bond acceptors (Lipinski definition) is 9. The Labute approximate surface area is 178 Å². The minimum absolute atomic E-state index is 0.130. The summed E-state index contributed by atoms with van der Waals surface area (Å²) < 4.78 is 34.7. The number of allylic oxidation sites excluding steroid dienone is 1. The van der Waals surface area contributed by atoms with E-state index in [1.165, 1.54) is 11.8 Å². The van der Waals surface area contributed by atoms with Gasteiger partial charge in [-0.25, -0.2) is 4.79 Å². The molecule has 1 unspecified atom stereocenters. The molecule has 0 spiro atoms. The van der Waals surface area contributed by atoms with E-state index in [0.29, 0.717) is 12.2 Å². The smallest absolute Gasteiger partial charge is 0.380 e. The van der Waals surface area contributed by atoms with Crippen molar-refractivity contribution in [1.29, 1.82) is 0 Å². The Morgan fingerprint density at radius 2 is 1.83 bits per heavy atom. The predicted octanol–water partition coefficient (Wildman–Crippen LogP) is 4.41. The molecule has 0 saturated carbocycles. The van der Waals surface area contributed by atoms with E-state index < -0.39 is 37.8 Å². The molecule has 0 saturated heterocycles. The van der Waals surface area contributed by atoms with Crippen molar-refractivity contribution in [1.82, 2.24) is 5.32 Å². The van der Waals surface area contributed by atoms with Crippen LogP contribution in [0.25, 0.3) is 0 Å². The van der Waals surface area contributed by atoms with Crippen molar-refractivity contribution >= 4 is 31.3 Å². The molecule has 168 valence electrons. The van der Waals surface area contributed by atoms with Crippen LogP contribution >= 0.6 is 19.4 Å². The number of hydrogen-bond donors (Lipinski definition) is 1. The Kier molecular flexibility index (Phi) is 10.8. The SMILES string of the molecule is CCCCC1=C(P(=O)(OCC)OCOC(=O)C(C)(C)C)N[C@H](C(=O)OCC)CS1. The Hall–Kier alpha value is -1.02. The van der Waals surface area contributed by atoms with Crippen molar-refractivity contribution in [3.05, 3.63) is 10.3 Å². The Morgan fingerprint density at radius 3 is 2.38 bits per heavy atom. The molecule has 0 amide bonds. The summed E-state index contributed by atoms with van der Waals surface area (Å²) in [6.45, 7) is 10.5. The summed E-state index contributed by atoms with van der Waals surface area (Å²) in [5.74, 6) is -0.433. The van der Waals surface area contributed by atoms with Gasteiger partial charge in [0.1, 0.15) is 11.5 Å². The highest BCUT2D eigenvalue weighted by Crippen LogP contribution is 2.58. The number of carbonyl (C=O) groups is 2. The lowest BCUT2D eigenvalue weighted by Gasteiger charge is -2.31. The van der Waals surface area contributed by atoms with Crippen molar-refractivity contribution < 1.29 is 32.7 Å². The lowest BCUT2D eigenvalue weighted by atomic mass is 9.98. The van der Waals surface area contributed by atoms with E-state index in [9.17, 15) is 14.2 Å². The van der Waals surface area contributed by atoms with E-state index in [4.69, 9.17) is 18.5 Å². The molecule has 1 aliphatic rings. The highest BCUT2D eigenvalue weighted by atomic mass is 32.2. The van der Waals surface area contributed by atoms with Crippen LogP contribution < -0.4 is 5.32 Å². The molecule has 0 bridgehead atoms. The van der Waals surface area contributed by atoms with Gasteiger partial charge in [0.2, 0.25) is 6.79 Å². The molecule has 2 atom stereocenters. The van der Waals surface area contributed by atoms with E-state index in [1.54, 1.807) is 34.6 Å². The van der Waals surface area contributed by atoms with Gasteiger partial charge in [-0.3, -0.25) is 13.9 Å². The van der Waals surface area contributed by atoms with Gasteiger partial charge >= 0.3 is 19.5 Å². The van der Waals surface area contributed by atoms with Crippen LogP contribution in [0.15, 0.2) is 10.3 Å². The topological polar surface area (TPSA) is 100 Å². The summed E-state index contributed by atoms with van der Waals surface area (Å²) >= 11 is 1.45. The first-order valence-corrected chi connectivity index (χ1v) is 12.5.